The Morgan fingerprint density at radius 2 is 2.04 bits per heavy atom. The zero-order valence-electron chi connectivity index (χ0n) is 14.6. The van der Waals surface area contributed by atoms with Gasteiger partial charge in [0.05, 0.1) is 6.04 Å². The van der Waals surface area contributed by atoms with Crippen LogP contribution < -0.4 is 5.32 Å². The number of likely N-dealkylation sites (tertiary alicyclic amines) is 1. The summed E-state index contributed by atoms with van der Waals surface area (Å²) < 4.78 is 0. The lowest BCUT2D eigenvalue weighted by Crippen LogP contribution is -2.45. The Bertz CT molecular complexity index is 587. The van der Waals surface area contributed by atoms with E-state index in [4.69, 9.17) is 0 Å². The highest BCUT2D eigenvalue weighted by molar-refractivity contribution is 5.79. The van der Waals surface area contributed by atoms with Crippen LogP contribution in [0.3, 0.4) is 0 Å². The largest absolute Gasteiger partial charge is 0.465 e. The Morgan fingerprint density at radius 1 is 1.24 bits per heavy atom. The molecule has 2 heterocycles. The van der Waals surface area contributed by atoms with E-state index in [1.807, 2.05) is 12.1 Å². The van der Waals surface area contributed by atoms with Crippen LogP contribution in [0, 0.1) is 11.8 Å². The maximum absolute atomic E-state index is 12.6. The Morgan fingerprint density at radius 3 is 2.72 bits per heavy atom. The number of nitrogens with one attached hydrogen (secondary N) is 1. The maximum atomic E-state index is 12.6. The van der Waals surface area contributed by atoms with E-state index >= 15 is 0 Å². The van der Waals surface area contributed by atoms with Crippen LogP contribution in [-0.4, -0.2) is 40.1 Å². The van der Waals surface area contributed by atoms with Gasteiger partial charge in [0.2, 0.25) is 5.91 Å². The Balaban J connectivity index is 1.61. The van der Waals surface area contributed by atoms with E-state index in [0.717, 1.165) is 12.1 Å². The van der Waals surface area contributed by atoms with Gasteiger partial charge < -0.3 is 15.3 Å². The molecular formula is C19H27N3O3. The van der Waals surface area contributed by atoms with Gasteiger partial charge in [0, 0.05) is 31.4 Å². The number of aromatic nitrogens is 1. The molecule has 0 spiro atoms. The maximum Gasteiger partial charge on any atom is 0.407 e. The number of hydrogen-bond donors (Lipinski definition) is 2. The lowest BCUT2D eigenvalue weighted by atomic mass is 9.86. The van der Waals surface area contributed by atoms with Crippen molar-refractivity contribution in [1.82, 2.24) is 15.2 Å². The average molecular weight is 345 g/mol. The lowest BCUT2D eigenvalue weighted by molar-refractivity contribution is -0.127. The van der Waals surface area contributed by atoms with Crippen LogP contribution in [0.25, 0.3) is 0 Å². The van der Waals surface area contributed by atoms with E-state index in [0.29, 0.717) is 25.3 Å². The zero-order valence-corrected chi connectivity index (χ0v) is 14.6. The standard InChI is InChI=1S/C19H27N3O3/c23-18(21-12-14-5-2-1-3-6-14)15-8-10-22(19(24)25)17(11-15)16-7-4-9-20-13-16/h4,7,9,13-15,17H,1-3,5-6,8,10-12H2,(H,21,23)(H,24,25). The number of rotatable bonds is 4. The van der Waals surface area contributed by atoms with Crippen molar-refractivity contribution in [3.05, 3.63) is 30.1 Å². The normalized spacial score (nSPS) is 24.7. The van der Waals surface area contributed by atoms with Crippen molar-refractivity contribution < 1.29 is 14.7 Å². The van der Waals surface area contributed by atoms with Crippen LogP contribution in [0.4, 0.5) is 4.79 Å². The van der Waals surface area contributed by atoms with Gasteiger partial charge in [0.25, 0.3) is 0 Å². The van der Waals surface area contributed by atoms with Crippen LogP contribution in [0.5, 0.6) is 0 Å². The predicted molar refractivity (Wildman–Crippen MR) is 94.0 cm³/mol. The average Bonchev–Trinajstić information content (AvgIpc) is 2.67. The number of carbonyl (C=O) groups is 2. The number of pyridine rings is 1. The number of hydrogen-bond acceptors (Lipinski definition) is 3. The second kappa shape index (κ2) is 8.32. The molecule has 1 aromatic rings. The number of piperidine rings is 1. The fourth-order valence-electron chi connectivity index (χ4n) is 4.10. The van der Waals surface area contributed by atoms with Crippen molar-refractivity contribution in [2.75, 3.05) is 13.1 Å². The molecule has 2 N–H and O–H groups in total. The van der Waals surface area contributed by atoms with Gasteiger partial charge in [0.1, 0.15) is 0 Å². The molecule has 1 saturated heterocycles. The first-order valence-corrected chi connectivity index (χ1v) is 9.32. The Labute approximate surface area is 148 Å². The number of amides is 2. The van der Waals surface area contributed by atoms with Gasteiger partial charge in [-0.3, -0.25) is 9.78 Å². The molecule has 6 heteroatoms. The summed E-state index contributed by atoms with van der Waals surface area (Å²) in [5, 5.41) is 12.6. The summed E-state index contributed by atoms with van der Waals surface area (Å²) in [6.07, 6.45) is 9.79. The summed E-state index contributed by atoms with van der Waals surface area (Å²) in [4.78, 5) is 29.7. The smallest absolute Gasteiger partial charge is 0.407 e. The highest BCUT2D eigenvalue weighted by Crippen LogP contribution is 2.34. The fourth-order valence-corrected chi connectivity index (χ4v) is 4.10. The molecule has 136 valence electrons. The molecule has 2 fully saturated rings. The molecule has 1 aliphatic carbocycles. The molecule has 2 aliphatic rings. The Hall–Kier alpha value is -2.11. The fraction of sp³-hybridized carbons (Fsp3) is 0.632. The first kappa shape index (κ1) is 17.7. The molecule has 1 saturated carbocycles. The summed E-state index contributed by atoms with van der Waals surface area (Å²) in [6, 6.07) is 3.39. The molecule has 2 unspecified atom stereocenters. The molecule has 2 amide bonds. The second-order valence-corrected chi connectivity index (χ2v) is 7.25. The predicted octanol–water partition coefficient (Wildman–Crippen LogP) is 3.21. The first-order valence-electron chi connectivity index (χ1n) is 9.32. The summed E-state index contributed by atoms with van der Waals surface area (Å²) in [7, 11) is 0. The van der Waals surface area contributed by atoms with Gasteiger partial charge in [-0.05, 0) is 43.2 Å². The molecule has 0 bridgehead atoms. The minimum absolute atomic E-state index is 0.0736. The van der Waals surface area contributed by atoms with E-state index in [1.165, 1.54) is 37.0 Å². The Kier molecular flexibility index (Phi) is 5.89. The van der Waals surface area contributed by atoms with Gasteiger partial charge in [-0.1, -0.05) is 25.3 Å². The highest BCUT2D eigenvalue weighted by atomic mass is 16.4. The van der Waals surface area contributed by atoms with Gasteiger partial charge in [-0.2, -0.15) is 0 Å². The second-order valence-electron chi connectivity index (χ2n) is 7.25. The van der Waals surface area contributed by atoms with E-state index in [2.05, 4.69) is 10.3 Å². The van der Waals surface area contributed by atoms with Crippen LogP contribution in [0.1, 0.15) is 56.6 Å². The van der Waals surface area contributed by atoms with Crippen molar-refractivity contribution in [1.29, 1.82) is 0 Å². The molecular weight excluding hydrogens is 318 g/mol. The van der Waals surface area contributed by atoms with Crippen LogP contribution in [0.15, 0.2) is 24.5 Å². The van der Waals surface area contributed by atoms with Crippen LogP contribution in [-0.2, 0) is 4.79 Å². The number of carbonyl (C=O) groups excluding carboxylic acids is 1. The molecule has 1 aromatic heterocycles. The van der Waals surface area contributed by atoms with Gasteiger partial charge in [-0.25, -0.2) is 4.79 Å². The van der Waals surface area contributed by atoms with Crippen LogP contribution in [0.2, 0.25) is 0 Å². The topological polar surface area (TPSA) is 82.5 Å². The SMILES string of the molecule is O=C(NCC1CCCCC1)C1CCN(C(=O)O)C(c2cccnc2)C1. The van der Waals surface area contributed by atoms with Crippen molar-refractivity contribution in [3.8, 4) is 0 Å². The van der Waals surface area contributed by atoms with Gasteiger partial charge in [-0.15, -0.1) is 0 Å². The molecule has 2 atom stereocenters. The zero-order chi connectivity index (χ0) is 17.6. The number of carboxylic acid groups (broad SMARTS) is 1. The highest BCUT2D eigenvalue weighted by Gasteiger charge is 2.35. The summed E-state index contributed by atoms with van der Waals surface area (Å²) in [5.41, 5.74) is 0.856. The monoisotopic (exact) mass is 345 g/mol. The summed E-state index contributed by atoms with van der Waals surface area (Å²) in [5.74, 6) is 0.542. The van der Waals surface area contributed by atoms with E-state index in [9.17, 15) is 14.7 Å². The molecule has 3 rings (SSSR count). The summed E-state index contributed by atoms with van der Waals surface area (Å²) in [6.45, 7) is 1.14. The molecule has 0 radical (unpaired) electrons. The molecule has 25 heavy (non-hydrogen) atoms. The van der Waals surface area contributed by atoms with E-state index < -0.39 is 6.09 Å². The minimum Gasteiger partial charge on any atom is -0.465 e. The quantitative estimate of drug-likeness (QED) is 0.878. The molecule has 6 nitrogen and oxygen atoms in total. The van der Waals surface area contributed by atoms with E-state index in [-0.39, 0.29) is 17.9 Å². The number of nitrogens with zero attached hydrogens (tertiary/aromatic N) is 2. The lowest BCUT2D eigenvalue weighted by Gasteiger charge is -2.37. The van der Waals surface area contributed by atoms with Gasteiger partial charge in [0.15, 0.2) is 0 Å². The summed E-state index contributed by atoms with van der Waals surface area (Å²) >= 11 is 0. The minimum atomic E-state index is -0.935. The first-order chi connectivity index (χ1) is 12.1. The van der Waals surface area contributed by atoms with Crippen molar-refractivity contribution >= 4 is 12.0 Å². The molecule has 1 aliphatic heterocycles. The third-order valence-electron chi connectivity index (χ3n) is 5.58. The third kappa shape index (κ3) is 4.50. The van der Waals surface area contributed by atoms with Crippen molar-refractivity contribution in [3.63, 3.8) is 0 Å². The van der Waals surface area contributed by atoms with Gasteiger partial charge >= 0.3 is 6.09 Å². The van der Waals surface area contributed by atoms with E-state index in [1.54, 1.807) is 12.4 Å². The van der Waals surface area contributed by atoms with Crippen molar-refractivity contribution in [2.24, 2.45) is 11.8 Å². The van der Waals surface area contributed by atoms with Crippen LogP contribution >= 0.6 is 0 Å². The van der Waals surface area contributed by atoms with Crippen molar-refractivity contribution in [2.45, 2.75) is 51.0 Å². The molecule has 0 aromatic carbocycles. The third-order valence-corrected chi connectivity index (χ3v) is 5.58.